The van der Waals surface area contributed by atoms with Gasteiger partial charge in [0.05, 0.1) is 10.7 Å². The molecule has 18 heavy (non-hydrogen) atoms. The first kappa shape index (κ1) is 15.6. The number of thiazole rings is 1. The first-order valence-electron chi connectivity index (χ1n) is 6.75. The first-order chi connectivity index (χ1) is 8.43. The Labute approximate surface area is 116 Å². The highest BCUT2D eigenvalue weighted by molar-refractivity contribution is 7.09. The lowest BCUT2D eigenvalue weighted by Gasteiger charge is -2.43. The van der Waals surface area contributed by atoms with E-state index in [1.165, 1.54) is 5.69 Å². The van der Waals surface area contributed by atoms with Crippen molar-refractivity contribution in [3.63, 3.8) is 0 Å². The van der Waals surface area contributed by atoms with Crippen molar-refractivity contribution in [2.24, 2.45) is 0 Å². The fourth-order valence-electron chi connectivity index (χ4n) is 2.34. The summed E-state index contributed by atoms with van der Waals surface area (Å²) >= 11 is 1.74. The number of nitrogens with zero attached hydrogens (tertiary/aromatic N) is 2. The summed E-state index contributed by atoms with van der Waals surface area (Å²) in [6, 6.07) is 0.434. The van der Waals surface area contributed by atoms with Gasteiger partial charge in [0.15, 0.2) is 0 Å². The molecule has 0 radical (unpaired) electrons. The Kier molecular flexibility index (Phi) is 5.76. The van der Waals surface area contributed by atoms with Crippen molar-refractivity contribution in [2.75, 3.05) is 20.6 Å². The van der Waals surface area contributed by atoms with Crippen LogP contribution in [-0.4, -0.2) is 42.1 Å². The van der Waals surface area contributed by atoms with Crippen molar-refractivity contribution >= 4 is 11.3 Å². The Morgan fingerprint density at radius 3 is 2.50 bits per heavy atom. The molecule has 0 aliphatic carbocycles. The van der Waals surface area contributed by atoms with Gasteiger partial charge in [0, 0.05) is 23.4 Å². The Morgan fingerprint density at radius 2 is 2.11 bits per heavy atom. The van der Waals surface area contributed by atoms with Gasteiger partial charge in [-0.2, -0.15) is 0 Å². The highest BCUT2D eigenvalue weighted by Crippen LogP contribution is 2.24. The fourth-order valence-corrected chi connectivity index (χ4v) is 2.97. The largest absolute Gasteiger partial charge is 0.312 e. The van der Waals surface area contributed by atoms with E-state index in [0.29, 0.717) is 6.04 Å². The van der Waals surface area contributed by atoms with Gasteiger partial charge in [-0.25, -0.2) is 4.98 Å². The summed E-state index contributed by atoms with van der Waals surface area (Å²) in [7, 11) is 4.33. The van der Waals surface area contributed by atoms with E-state index in [2.05, 4.69) is 62.4 Å². The predicted octanol–water partition coefficient (Wildman–Crippen LogP) is 2.70. The van der Waals surface area contributed by atoms with Crippen molar-refractivity contribution < 1.29 is 0 Å². The third-order valence-corrected chi connectivity index (χ3v) is 4.84. The molecule has 1 N–H and O–H groups in total. The van der Waals surface area contributed by atoms with Crippen LogP contribution < -0.4 is 5.32 Å². The summed E-state index contributed by atoms with van der Waals surface area (Å²) in [4.78, 5) is 6.93. The number of nitrogens with one attached hydrogen (secondary N) is 1. The molecule has 0 aliphatic rings. The van der Waals surface area contributed by atoms with Crippen LogP contribution in [0.1, 0.15) is 37.9 Å². The molecule has 0 aliphatic heterocycles. The molecule has 1 rings (SSSR count). The second-order valence-electron chi connectivity index (χ2n) is 5.28. The van der Waals surface area contributed by atoms with Crippen LogP contribution in [0.4, 0.5) is 0 Å². The van der Waals surface area contributed by atoms with E-state index in [9.17, 15) is 0 Å². The van der Waals surface area contributed by atoms with E-state index in [0.717, 1.165) is 24.4 Å². The van der Waals surface area contributed by atoms with E-state index in [1.807, 2.05) is 0 Å². The van der Waals surface area contributed by atoms with Crippen molar-refractivity contribution in [1.82, 2.24) is 15.2 Å². The second-order valence-corrected chi connectivity index (χ2v) is 6.34. The molecule has 0 aromatic carbocycles. The van der Waals surface area contributed by atoms with E-state index < -0.39 is 0 Å². The number of hydrogen-bond donors (Lipinski definition) is 1. The lowest BCUT2D eigenvalue weighted by molar-refractivity contribution is 0.113. The molecular weight excluding hydrogens is 242 g/mol. The van der Waals surface area contributed by atoms with Crippen LogP contribution >= 0.6 is 11.3 Å². The smallest absolute Gasteiger partial charge is 0.0897 e. The van der Waals surface area contributed by atoms with Gasteiger partial charge < -0.3 is 10.2 Å². The first-order valence-corrected chi connectivity index (χ1v) is 7.63. The fraction of sp³-hybridized carbons (Fsp3) is 0.786. The van der Waals surface area contributed by atoms with Crippen molar-refractivity contribution in [3.8, 4) is 0 Å². The van der Waals surface area contributed by atoms with Gasteiger partial charge in [-0.05, 0) is 40.9 Å². The molecule has 0 fully saturated rings. The molecule has 1 aromatic rings. The van der Waals surface area contributed by atoms with Crippen molar-refractivity contribution in [2.45, 2.75) is 52.1 Å². The maximum Gasteiger partial charge on any atom is 0.0897 e. The molecule has 0 saturated heterocycles. The monoisotopic (exact) mass is 269 g/mol. The molecule has 104 valence electrons. The number of rotatable bonds is 7. The molecule has 0 spiro atoms. The third kappa shape index (κ3) is 3.53. The van der Waals surface area contributed by atoms with Crippen LogP contribution in [0.3, 0.4) is 0 Å². The van der Waals surface area contributed by atoms with Crippen LogP contribution in [0.25, 0.3) is 0 Å². The molecule has 4 heteroatoms. The Balaban J connectivity index is 2.87. The van der Waals surface area contributed by atoms with Gasteiger partial charge >= 0.3 is 0 Å². The normalized spacial score (nSPS) is 16.8. The third-order valence-electron chi connectivity index (χ3n) is 4.02. The summed E-state index contributed by atoms with van der Waals surface area (Å²) in [6.45, 7) is 9.83. The summed E-state index contributed by atoms with van der Waals surface area (Å²) in [5.74, 6) is 0. The number of aryl methyl sites for hydroxylation is 1. The van der Waals surface area contributed by atoms with E-state index in [4.69, 9.17) is 0 Å². The number of aromatic nitrogens is 1. The Hall–Kier alpha value is -0.450. The van der Waals surface area contributed by atoms with Crippen molar-refractivity contribution in [1.29, 1.82) is 0 Å². The Morgan fingerprint density at radius 1 is 1.44 bits per heavy atom. The molecule has 2 unspecified atom stereocenters. The van der Waals surface area contributed by atoms with Gasteiger partial charge in [-0.1, -0.05) is 13.8 Å². The zero-order chi connectivity index (χ0) is 13.8. The molecule has 3 nitrogen and oxygen atoms in total. The molecule has 1 aromatic heterocycles. The standard InChI is InChI=1S/C14H27N3S/c1-7-14(4,17(5)6)13(15-8-2)9-12-10-18-11(3)16-12/h10,13,15H,7-9H2,1-6H3. The van der Waals surface area contributed by atoms with Gasteiger partial charge in [0.25, 0.3) is 0 Å². The lowest BCUT2D eigenvalue weighted by atomic mass is 9.85. The summed E-state index contributed by atoms with van der Waals surface area (Å²) in [5.41, 5.74) is 1.37. The molecule has 2 atom stereocenters. The highest BCUT2D eigenvalue weighted by atomic mass is 32.1. The minimum atomic E-state index is 0.160. The lowest BCUT2D eigenvalue weighted by Crippen LogP contribution is -2.57. The van der Waals surface area contributed by atoms with Gasteiger partial charge in [-0.3, -0.25) is 0 Å². The average Bonchev–Trinajstić information content (AvgIpc) is 2.73. The minimum Gasteiger partial charge on any atom is -0.312 e. The zero-order valence-corrected chi connectivity index (χ0v) is 13.4. The SMILES string of the molecule is CCNC(Cc1csc(C)n1)C(C)(CC)N(C)C. The molecule has 0 amide bonds. The topological polar surface area (TPSA) is 28.2 Å². The summed E-state index contributed by atoms with van der Waals surface area (Å²) in [5, 5.41) is 6.98. The predicted molar refractivity (Wildman–Crippen MR) is 80.4 cm³/mol. The molecular formula is C14H27N3S. The zero-order valence-electron chi connectivity index (χ0n) is 12.6. The van der Waals surface area contributed by atoms with E-state index in [-0.39, 0.29) is 5.54 Å². The maximum absolute atomic E-state index is 4.60. The number of likely N-dealkylation sites (N-methyl/N-ethyl adjacent to an activating group) is 2. The quantitative estimate of drug-likeness (QED) is 0.825. The molecule has 1 heterocycles. The van der Waals surface area contributed by atoms with E-state index >= 15 is 0 Å². The van der Waals surface area contributed by atoms with Crippen LogP contribution in [0.5, 0.6) is 0 Å². The average molecular weight is 269 g/mol. The maximum atomic E-state index is 4.60. The van der Waals surface area contributed by atoms with Gasteiger partial charge in [0.2, 0.25) is 0 Å². The van der Waals surface area contributed by atoms with Crippen LogP contribution in [0.2, 0.25) is 0 Å². The second kappa shape index (κ2) is 6.64. The molecule has 0 saturated carbocycles. The molecule has 0 bridgehead atoms. The summed E-state index contributed by atoms with van der Waals surface area (Å²) < 4.78 is 0. The van der Waals surface area contributed by atoms with Crippen LogP contribution in [0.15, 0.2) is 5.38 Å². The Bertz CT molecular complexity index is 362. The highest BCUT2D eigenvalue weighted by Gasteiger charge is 2.34. The number of hydrogen-bond acceptors (Lipinski definition) is 4. The van der Waals surface area contributed by atoms with Crippen molar-refractivity contribution in [3.05, 3.63) is 16.1 Å². The summed E-state index contributed by atoms with van der Waals surface area (Å²) in [6.07, 6.45) is 2.13. The van der Waals surface area contributed by atoms with E-state index in [1.54, 1.807) is 11.3 Å². The van der Waals surface area contributed by atoms with Crippen LogP contribution in [0, 0.1) is 6.92 Å². The van der Waals surface area contributed by atoms with Gasteiger partial charge in [0.1, 0.15) is 0 Å². The minimum absolute atomic E-state index is 0.160. The van der Waals surface area contributed by atoms with Crippen LogP contribution in [-0.2, 0) is 6.42 Å². The van der Waals surface area contributed by atoms with Gasteiger partial charge in [-0.15, -0.1) is 11.3 Å².